The fraction of sp³-hybridized carbons (Fsp3) is 0.294. The van der Waals surface area contributed by atoms with Crippen LogP contribution in [0.2, 0.25) is 0 Å². The lowest BCUT2D eigenvalue weighted by atomic mass is 10.1. The lowest BCUT2D eigenvalue weighted by Gasteiger charge is -2.13. The molecule has 2 rings (SSSR count). The van der Waals surface area contributed by atoms with Crippen LogP contribution < -0.4 is 16.2 Å². The van der Waals surface area contributed by atoms with E-state index in [9.17, 15) is 10.1 Å². The Morgan fingerprint density at radius 2 is 2.12 bits per heavy atom. The van der Waals surface area contributed by atoms with Crippen LogP contribution in [0.15, 0.2) is 22.7 Å². The number of nitrogens with zero attached hydrogens (tertiary/aromatic N) is 3. The van der Waals surface area contributed by atoms with Crippen molar-refractivity contribution < 1.29 is 14.3 Å². The standard InChI is InChI=1S/C17H18BrN5O3/c1-2-25-14(24)4-3-7-26-13-6-5-10(18)8-11(13)15-12(9-19)16(20)23-17(21)22-15/h5-6,8H,2-4,7H2,1H3,(H4,20,21,22,23). The maximum atomic E-state index is 11.4. The molecule has 0 fully saturated rings. The van der Waals surface area contributed by atoms with Crippen molar-refractivity contribution in [1.82, 2.24) is 9.97 Å². The molecule has 1 heterocycles. The Labute approximate surface area is 159 Å². The van der Waals surface area contributed by atoms with Gasteiger partial charge >= 0.3 is 5.97 Å². The van der Waals surface area contributed by atoms with E-state index in [0.29, 0.717) is 36.6 Å². The Hall–Kier alpha value is -2.86. The zero-order valence-corrected chi connectivity index (χ0v) is 15.7. The average molecular weight is 420 g/mol. The van der Waals surface area contributed by atoms with Gasteiger partial charge in [0.1, 0.15) is 23.2 Å². The molecule has 1 aromatic heterocycles. The molecule has 0 aliphatic carbocycles. The van der Waals surface area contributed by atoms with Gasteiger partial charge < -0.3 is 20.9 Å². The number of nitriles is 1. The monoisotopic (exact) mass is 419 g/mol. The van der Waals surface area contributed by atoms with Gasteiger partial charge in [-0.3, -0.25) is 4.79 Å². The van der Waals surface area contributed by atoms with Gasteiger partial charge in [-0.25, -0.2) is 4.98 Å². The fourth-order valence-electron chi connectivity index (χ4n) is 2.25. The Morgan fingerprint density at radius 1 is 1.35 bits per heavy atom. The normalized spacial score (nSPS) is 10.2. The molecule has 136 valence electrons. The fourth-order valence-corrected chi connectivity index (χ4v) is 2.61. The van der Waals surface area contributed by atoms with Crippen molar-refractivity contribution >= 4 is 33.7 Å². The molecule has 0 spiro atoms. The summed E-state index contributed by atoms with van der Waals surface area (Å²) in [6, 6.07) is 7.28. The molecule has 9 heteroatoms. The molecule has 1 aromatic carbocycles. The van der Waals surface area contributed by atoms with Gasteiger partial charge in [-0.05, 0) is 31.5 Å². The molecule has 4 N–H and O–H groups in total. The zero-order chi connectivity index (χ0) is 19.1. The number of nitrogens with two attached hydrogens (primary N) is 2. The van der Waals surface area contributed by atoms with Gasteiger partial charge in [0.2, 0.25) is 5.95 Å². The van der Waals surface area contributed by atoms with Gasteiger partial charge in [0, 0.05) is 16.5 Å². The highest BCUT2D eigenvalue weighted by Crippen LogP contribution is 2.35. The first-order valence-corrected chi connectivity index (χ1v) is 8.67. The number of carbonyl (C=O) groups excluding carboxylic acids is 1. The van der Waals surface area contributed by atoms with E-state index in [1.54, 1.807) is 25.1 Å². The second-order valence-corrected chi connectivity index (χ2v) is 6.12. The Balaban J connectivity index is 2.27. The molecular formula is C17H18BrN5O3. The van der Waals surface area contributed by atoms with Crippen molar-refractivity contribution in [3.63, 3.8) is 0 Å². The van der Waals surface area contributed by atoms with E-state index >= 15 is 0 Å². The summed E-state index contributed by atoms with van der Waals surface area (Å²) in [5.74, 6) is 0.189. The number of halogens is 1. The molecule has 8 nitrogen and oxygen atoms in total. The first-order chi connectivity index (χ1) is 12.5. The second kappa shape index (κ2) is 9.01. The number of nitrogen functional groups attached to an aromatic ring is 2. The van der Waals surface area contributed by atoms with E-state index < -0.39 is 0 Å². The molecule has 0 radical (unpaired) electrons. The number of hydrogen-bond donors (Lipinski definition) is 2. The highest BCUT2D eigenvalue weighted by Gasteiger charge is 2.17. The van der Waals surface area contributed by atoms with E-state index in [2.05, 4.69) is 25.9 Å². The van der Waals surface area contributed by atoms with Crippen LogP contribution in [0.1, 0.15) is 25.3 Å². The van der Waals surface area contributed by atoms with Crippen LogP contribution in [0, 0.1) is 11.3 Å². The molecule has 0 amide bonds. The number of aromatic nitrogens is 2. The molecular weight excluding hydrogens is 402 g/mol. The van der Waals surface area contributed by atoms with Gasteiger partial charge in [-0.15, -0.1) is 0 Å². The van der Waals surface area contributed by atoms with Crippen LogP contribution in [0.5, 0.6) is 5.75 Å². The highest BCUT2D eigenvalue weighted by molar-refractivity contribution is 9.10. The van der Waals surface area contributed by atoms with Crippen molar-refractivity contribution in [3.05, 3.63) is 28.2 Å². The van der Waals surface area contributed by atoms with Gasteiger partial charge in [-0.2, -0.15) is 10.2 Å². The van der Waals surface area contributed by atoms with Gasteiger partial charge in [0.05, 0.1) is 18.9 Å². The average Bonchev–Trinajstić information content (AvgIpc) is 2.59. The third-order valence-electron chi connectivity index (χ3n) is 3.35. The Kier molecular flexibility index (Phi) is 6.74. The smallest absolute Gasteiger partial charge is 0.305 e. The first kappa shape index (κ1) is 19.5. The van der Waals surface area contributed by atoms with E-state index in [1.807, 2.05) is 6.07 Å². The number of esters is 1. The third kappa shape index (κ3) is 4.83. The minimum atomic E-state index is -0.268. The highest BCUT2D eigenvalue weighted by atomic mass is 79.9. The molecule has 2 aromatic rings. The first-order valence-electron chi connectivity index (χ1n) is 7.87. The van der Waals surface area contributed by atoms with Crippen LogP contribution in [-0.2, 0) is 9.53 Å². The number of ether oxygens (including phenoxy) is 2. The molecule has 0 aliphatic rings. The summed E-state index contributed by atoms with van der Waals surface area (Å²) >= 11 is 3.39. The SMILES string of the molecule is CCOC(=O)CCCOc1ccc(Br)cc1-c1nc(N)nc(N)c1C#N. The summed E-state index contributed by atoms with van der Waals surface area (Å²) in [6.45, 7) is 2.41. The summed E-state index contributed by atoms with van der Waals surface area (Å²) in [6.07, 6.45) is 0.754. The maximum absolute atomic E-state index is 11.4. The van der Waals surface area contributed by atoms with Crippen LogP contribution in [0.4, 0.5) is 11.8 Å². The predicted octanol–water partition coefficient (Wildman–Crippen LogP) is 2.66. The number of benzene rings is 1. The van der Waals surface area contributed by atoms with Gasteiger partial charge in [0.15, 0.2) is 0 Å². The minimum absolute atomic E-state index is 0.00300. The number of anilines is 2. The molecule has 26 heavy (non-hydrogen) atoms. The van der Waals surface area contributed by atoms with Crippen molar-refractivity contribution in [3.8, 4) is 23.1 Å². The second-order valence-electron chi connectivity index (χ2n) is 5.20. The summed E-state index contributed by atoms with van der Waals surface area (Å²) in [7, 11) is 0. The van der Waals surface area contributed by atoms with Crippen molar-refractivity contribution in [1.29, 1.82) is 5.26 Å². The maximum Gasteiger partial charge on any atom is 0.305 e. The molecule has 0 unspecified atom stereocenters. The van der Waals surface area contributed by atoms with E-state index in [1.165, 1.54) is 0 Å². The van der Waals surface area contributed by atoms with Gasteiger partial charge in [-0.1, -0.05) is 15.9 Å². The summed E-state index contributed by atoms with van der Waals surface area (Å²) in [4.78, 5) is 19.3. The van der Waals surface area contributed by atoms with Crippen LogP contribution in [-0.4, -0.2) is 29.2 Å². The van der Waals surface area contributed by atoms with E-state index in [-0.39, 0.29) is 29.7 Å². The van der Waals surface area contributed by atoms with Crippen molar-refractivity contribution in [2.24, 2.45) is 0 Å². The number of hydrogen-bond acceptors (Lipinski definition) is 8. The Bertz CT molecular complexity index is 851. The molecule has 0 saturated carbocycles. The van der Waals surface area contributed by atoms with Crippen molar-refractivity contribution in [2.75, 3.05) is 24.7 Å². The third-order valence-corrected chi connectivity index (χ3v) is 3.84. The largest absolute Gasteiger partial charge is 0.493 e. The van der Waals surface area contributed by atoms with E-state index in [0.717, 1.165) is 4.47 Å². The van der Waals surface area contributed by atoms with Crippen LogP contribution in [0.25, 0.3) is 11.3 Å². The minimum Gasteiger partial charge on any atom is -0.493 e. The summed E-state index contributed by atoms with van der Waals surface area (Å²) in [5, 5.41) is 9.38. The quantitative estimate of drug-likeness (QED) is 0.515. The lowest BCUT2D eigenvalue weighted by Crippen LogP contribution is -2.08. The van der Waals surface area contributed by atoms with Crippen LogP contribution >= 0.6 is 15.9 Å². The van der Waals surface area contributed by atoms with E-state index in [4.69, 9.17) is 20.9 Å². The zero-order valence-electron chi connectivity index (χ0n) is 14.2. The van der Waals surface area contributed by atoms with Gasteiger partial charge in [0.25, 0.3) is 0 Å². The Morgan fingerprint density at radius 3 is 2.81 bits per heavy atom. The number of carbonyl (C=O) groups is 1. The van der Waals surface area contributed by atoms with Crippen LogP contribution in [0.3, 0.4) is 0 Å². The number of rotatable bonds is 7. The lowest BCUT2D eigenvalue weighted by molar-refractivity contribution is -0.143. The predicted molar refractivity (Wildman–Crippen MR) is 100 cm³/mol. The summed E-state index contributed by atoms with van der Waals surface area (Å²) < 4.78 is 11.4. The van der Waals surface area contributed by atoms with Crippen molar-refractivity contribution in [2.45, 2.75) is 19.8 Å². The molecule has 0 bridgehead atoms. The molecule has 0 atom stereocenters. The molecule has 0 aliphatic heterocycles. The summed E-state index contributed by atoms with van der Waals surface area (Å²) in [5.41, 5.74) is 12.4. The topological polar surface area (TPSA) is 137 Å². The molecule has 0 saturated heterocycles.